The van der Waals surface area contributed by atoms with E-state index in [2.05, 4.69) is 37.4 Å². The first kappa shape index (κ1) is 19.3. The van der Waals surface area contributed by atoms with Crippen LogP contribution >= 0.6 is 11.6 Å². The molecule has 0 saturated carbocycles. The van der Waals surface area contributed by atoms with Crippen molar-refractivity contribution in [3.63, 3.8) is 0 Å². The molecule has 0 fully saturated rings. The number of aryl methyl sites for hydroxylation is 3. The predicted molar refractivity (Wildman–Crippen MR) is 103 cm³/mol. The minimum absolute atomic E-state index is 0.0728. The maximum absolute atomic E-state index is 12.6. The highest BCUT2D eigenvalue weighted by molar-refractivity contribution is 6.31. The number of carbonyl (C=O) groups is 1. The van der Waals surface area contributed by atoms with E-state index < -0.39 is 6.10 Å². The smallest absolute Gasteiger partial charge is 0.261 e. The lowest BCUT2D eigenvalue weighted by Gasteiger charge is -2.21. The SMILES string of the molecule is CC[C@@H](Oc1ccc(Cl)c(C)c1)C(=O)N[C@H](C)c1ccc(C)c(C)c1. The molecule has 2 rings (SSSR count). The van der Waals surface area contributed by atoms with E-state index in [1.165, 1.54) is 11.1 Å². The topological polar surface area (TPSA) is 38.3 Å². The van der Waals surface area contributed by atoms with Gasteiger partial charge in [-0.05, 0) is 74.6 Å². The number of carbonyl (C=O) groups excluding carboxylic acids is 1. The van der Waals surface area contributed by atoms with E-state index in [4.69, 9.17) is 16.3 Å². The monoisotopic (exact) mass is 359 g/mol. The third-order valence-electron chi connectivity index (χ3n) is 4.46. The maximum Gasteiger partial charge on any atom is 0.261 e. The molecule has 0 spiro atoms. The minimum atomic E-state index is -0.533. The van der Waals surface area contributed by atoms with Crippen LogP contribution < -0.4 is 10.1 Å². The van der Waals surface area contributed by atoms with Crippen molar-refractivity contribution in [2.24, 2.45) is 0 Å². The molecule has 3 nitrogen and oxygen atoms in total. The first-order valence-corrected chi connectivity index (χ1v) is 9.00. The molecule has 2 atom stereocenters. The van der Waals surface area contributed by atoms with Gasteiger partial charge in [-0.25, -0.2) is 0 Å². The van der Waals surface area contributed by atoms with Crippen LogP contribution in [0.2, 0.25) is 5.02 Å². The highest BCUT2D eigenvalue weighted by Gasteiger charge is 2.21. The molecule has 2 aromatic rings. The van der Waals surface area contributed by atoms with E-state index in [0.29, 0.717) is 17.2 Å². The Morgan fingerprint density at radius 3 is 2.40 bits per heavy atom. The summed E-state index contributed by atoms with van der Waals surface area (Å²) in [7, 11) is 0. The zero-order valence-electron chi connectivity index (χ0n) is 15.5. The van der Waals surface area contributed by atoms with Crippen molar-refractivity contribution in [3.8, 4) is 5.75 Å². The summed E-state index contributed by atoms with van der Waals surface area (Å²) in [5, 5.41) is 3.74. The second-order valence-electron chi connectivity index (χ2n) is 6.50. The number of ether oxygens (including phenoxy) is 1. The van der Waals surface area contributed by atoms with Crippen LogP contribution in [0.15, 0.2) is 36.4 Å². The predicted octanol–water partition coefficient (Wildman–Crippen LogP) is 5.30. The van der Waals surface area contributed by atoms with Crippen LogP contribution in [-0.4, -0.2) is 12.0 Å². The number of nitrogens with one attached hydrogen (secondary N) is 1. The van der Waals surface area contributed by atoms with Crippen LogP contribution in [0.5, 0.6) is 5.75 Å². The molecular weight excluding hydrogens is 334 g/mol. The van der Waals surface area contributed by atoms with Gasteiger partial charge in [-0.1, -0.05) is 36.7 Å². The molecule has 0 radical (unpaired) electrons. The van der Waals surface area contributed by atoms with E-state index in [1.54, 1.807) is 12.1 Å². The largest absolute Gasteiger partial charge is 0.481 e. The van der Waals surface area contributed by atoms with Gasteiger partial charge >= 0.3 is 0 Å². The molecule has 25 heavy (non-hydrogen) atoms. The zero-order valence-corrected chi connectivity index (χ0v) is 16.3. The van der Waals surface area contributed by atoms with Crippen molar-refractivity contribution in [3.05, 3.63) is 63.7 Å². The van der Waals surface area contributed by atoms with Crippen LogP contribution in [0, 0.1) is 20.8 Å². The molecule has 0 aromatic heterocycles. The lowest BCUT2D eigenvalue weighted by Crippen LogP contribution is -2.39. The molecule has 0 aliphatic carbocycles. The first-order chi connectivity index (χ1) is 11.8. The van der Waals surface area contributed by atoms with Crippen LogP contribution in [0.1, 0.15) is 48.6 Å². The summed E-state index contributed by atoms with van der Waals surface area (Å²) in [5.74, 6) is 0.545. The Morgan fingerprint density at radius 1 is 1.08 bits per heavy atom. The highest BCUT2D eigenvalue weighted by Crippen LogP contribution is 2.23. The van der Waals surface area contributed by atoms with Gasteiger partial charge in [0.15, 0.2) is 6.10 Å². The van der Waals surface area contributed by atoms with E-state index in [1.807, 2.05) is 26.8 Å². The Kier molecular flexibility index (Phi) is 6.49. The van der Waals surface area contributed by atoms with E-state index in [9.17, 15) is 4.79 Å². The van der Waals surface area contributed by atoms with Crippen LogP contribution in [0.25, 0.3) is 0 Å². The summed E-state index contributed by atoms with van der Waals surface area (Å²) in [6.07, 6.45) is 0.0576. The normalized spacial score (nSPS) is 13.2. The molecule has 1 N–H and O–H groups in total. The lowest BCUT2D eigenvalue weighted by molar-refractivity contribution is -0.128. The Hall–Kier alpha value is -2.00. The van der Waals surface area contributed by atoms with Crippen LogP contribution in [0.4, 0.5) is 0 Å². The summed E-state index contributed by atoms with van der Waals surface area (Å²) in [4.78, 5) is 12.6. The highest BCUT2D eigenvalue weighted by atomic mass is 35.5. The van der Waals surface area contributed by atoms with E-state index in [-0.39, 0.29) is 11.9 Å². The van der Waals surface area contributed by atoms with Gasteiger partial charge in [-0.2, -0.15) is 0 Å². The number of benzene rings is 2. The first-order valence-electron chi connectivity index (χ1n) is 8.62. The number of halogens is 1. The van der Waals surface area contributed by atoms with Gasteiger partial charge in [0.05, 0.1) is 6.04 Å². The fourth-order valence-corrected chi connectivity index (χ4v) is 2.72. The number of hydrogen-bond donors (Lipinski definition) is 1. The fourth-order valence-electron chi connectivity index (χ4n) is 2.60. The quantitative estimate of drug-likeness (QED) is 0.760. The molecule has 0 unspecified atom stereocenters. The summed E-state index contributed by atoms with van der Waals surface area (Å²) in [6, 6.07) is 11.6. The van der Waals surface area contributed by atoms with Gasteiger partial charge < -0.3 is 10.1 Å². The lowest BCUT2D eigenvalue weighted by atomic mass is 10.0. The fraction of sp³-hybridized carbons (Fsp3) is 0.381. The molecule has 1 amide bonds. The number of amides is 1. The number of rotatable bonds is 6. The molecule has 134 valence electrons. The van der Waals surface area contributed by atoms with Gasteiger partial charge in [0.1, 0.15) is 5.75 Å². The molecule has 0 aliphatic heterocycles. The van der Waals surface area contributed by atoms with Crippen molar-refractivity contribution in [1.29, 1.82) is 0 Å². The number of hydrogen-bond acceptors (Lipinski definition) is 2. The summed E-state index contributed by atoms with van der Waals surface area (Å²) in [6.45, 7) is 10.00. The Bertz CT molecular complexity index is 758. The second-order valence-corrected chi connectivity index (χ2v) is 6.91. The Labute approximate surface area is 155 Å². The Morgan fingerprint density at radius 2 is 1.80 bits per heavy atom. The average molecular weight is 360 g/mol. The standard InChI is InChI=1S/C21H26ClNO2/c1-6-20(25-18-9-10-19(22)15(4)12-18)21(24)23-16(5)17-8-7-13(2)14(3)11-17/h7-12,16,20H,6H2,1-5H3,(H,23,24)/t16-,20-/m1/s1. The molecule has 2 aromatic carbocycles. The molecule has 0 bridgehead atoms. The molecule has 0 heterocycles. The van der Waals surface area contributed by atoms with E-state index >= 15 is 0 Å². The van der Waals surface area contributed by atoms with Crippen LogP contribution in [-0.2, 0) is 4.79 Å². The molecule has 4 heteroatoms. The maximum atomic E-state index is 12.6. The Balaban J connectivity index is 2.05. The third kappa shape index (κ3) is 4.99. The van der Waals surface area contributed by atoms with Crippen molar-refractivity contribution in [2.45, 2.75) is 53.2 Å². The van der Waals surface area contributed by atoms with Gasteiger partial charge in [0, 0.05) is 5.02 Å². The average Bonchev–Trinajstić information content (AvgIpc) is 2.58. The third-order valence-corrected chi connectivity index (χ3v) is 4.88. The van der Waals surface area contributed by atoms with Crippen molar-refractivity contribution in [1.82, 2.24) is 5.32 Å². The summed E-state index contributed by atoms with van der Waals surface area (Å²) >= 11 is 6.04. The van der Waals surface area contributed by atoms with Crippen molar-refractivity contribution in [2.75, 3.05) is 0 Å². The molecular formula is C21H26ClNO2. The molecule has 0 saturated heterocycles. The molecule has 0 aliphatic rings. The van der Waals surface area contributed by atoms with Gasteiger partial charge in [0.2, 0.25) is 0 Å². The van der Waals surface area contributed by atoms with Crippen molar-refractivity contribution >= 4 is 17.5 Å². The van der Waals surface area contributed by atoms with Crippen LogP contribution in [0.3, 0.4) is 0 Å². The minimum Gasteiger partial charge on any atom is -0.481 e. The van der Waals surface area contributed by atoms with Gasteiger partial charge in [-0.15, -0.1) is 0 Å². The zero-order chi connectivity index (χ0) is 18.6. The van der Waals surface area contributed by atoms with Gasteiger partial charge in [0.25, 0.3) is 5.91 Å². The van der Waals surface area contributed by atoms with Crippen molar-refractivity contribution < 1.29 is 9.53 Å². The summed E-state index contributed by atoms with van der Waals surface area (Å²) < 4.78 is 5.87. The van der Waals surface area contributed by atoms with Gasteiger partial charge in [-0.3, -0.25) is 4.79 Å². The van der Waals surface area contributed by atoms with E-state index in [0.717, 1.165) is 11.1 Å². The second kappa shape index (κ2) is 8.39. The summed E-state index contributed by atoms with van der Waals surface area (Å²) in [5.41, 5.74) is 4.49.